The van der Waals surface area contributed by atoms with E-state index in [2.05, 4.69) is 32.1 Å². The predicted molar refractivity (Wildman–Crippen MR) is 149 cm³/mol. The van der Waals surface area contributed by atoms with Crippen molar-refractivity contribution < 1.29 is 14.3 Å². The number of nitrogens with zero attached hydrogens (tertiary/aromatic N) is 3. The molecule has 2 aromatic rings. The average molecular weight is 519 g/mol. The molecule has 1 N–H and O–H groups in total. The number of benzene rings is 2. The molecule has 3 aliphatic heterocycles. The van der Waals surface area contributed by atoms with Crippen LogP contribution in [0.25, 0.3) is 0 Å². The van der Waals surface area contributed by atoms with Crippen LogP contribution in [0.2, 0.25) is 0 Å². The van der Waals surface area contributed by atoms with E-state index in [1.165, 1.54) is 0 Å². The van der Waals surface area contributed by atoms with Gasteiger partial charge in [-0.15, -0.1) is 0 Å². The van der Waals surface area contributed by atoms with Crippen LogP contribution in [0.1, 0.15) is 46.4 Å². The van der Waals surface area contributed by atoms with Crippen LogP contribution in [0, 0.1) is 25.7 Å². The van der Waals surface area contributed by atoms with Gasteiger partial charge in [-0.25, -0.2) is 0 Å². The van der Waals surface area contributed by atoms with Gasteiger partial charge in [0, 0.05) is 51.4 Å². The molecule has 38 heavy (non-hydrogen) atoms. The number of rotatable bonds is 8. The van der Waals surface area contributed by atoms with Gasteiger partial charge in [0.2, 0.25) is 5.91 Å². The van der Waals surface area contributed by atoms with Gasteiger partial charge in [-0.3, -0.25) is 14.5 Å². The Hall–Kier alpha value is -2.74. The normalized spacial score (nSPS) is 23.7. The number of nitrogens with one attached hydrogen (secondary N) is 1. The summed E-state index contributed by atoms with van der Waals surface area (Å²) in [6, 6.07) is 16.2. The van der Waals surface area contributed by atoms with Gasteiger partial charge in [0.05, 0.1) is 25.3 Å². The lowest BCUT2D eigenvalue weighted by atomic mass is 10.0. The van der Waals surface area contributed by atoms with E-state index in [-0.39, 0.29) is 23.9 Å². The quantitative estimate of drug-likeness (QED) is 0.581. The van der Waals surface area contributed by atoms with Crippen molar-refractivity contribution in [2.24, 2.45) is 11.8 Å². The van der Waals surface area contributed by atoms with Crippen molar-refractivity contribution in [2.45, 2.75) is 39.3 Å². The Morgan fingerprint density at radius 3 is 2.18 bits per heavy atom. The van der Waals surface area contributed by atoms with Gasteiger partial charge in [-0.05, 0) is 55.7 Å². The molecule has 3 saturated heterocycles. The Morgan fingerprint density at radius 2 is 1.55 bits per heavy atom. The molecule has 3 aliphatic rings. The van der Waals surface area contributed by atoms with Crippen LogP contribution >= 0.6 is 0 Å². The Bertz CT molecular complexity index is 1080. The van der Waals surface area contributed by atoms with Crippen LogP contribution in [0.4, 0.5) is 0 Å². The molecule has 2 amide bonds. The van der Waals surface area contributed by atoms with Crippen molar-refractivity contribution in [3.8, 4) is 0 Å². The van der Waals surface area contributed by atoms with Crippen molar-refractivity contribution in [1.82, 2.24) is 20.0 Å². The van der Waals surface area contributed by atoms with E-state index in [0.717, 1.165) is 74.5 Å². The molecule has 0 bridgehead atoms. The maximum Gasteiger partial charge on any atom is 0.254 e. The van der Waals surface area contributed by atoms with Crippen LogP contribution in [-0.4, -0.2) is 91.6 Å². The van der Waals surface area contributed by atoms with Gasteiger partial charge in [0.15, 0.2) is 0 Å². The smallest absolute Gasteiger partial charge is 0.254 e. The summed E-state index contributed by atoms with van der Waals surface area (Å²) in [5.41, 5.74) is 4.15. The number of fused-ring (bicyclic) bond motifs is 1. The second-order valence-electron chi connectivity index (χ2n) is 11.3. The van der Waals surface area contributed by atoms with E-state index in [1.54, 1.807) is 0 Å². The molecular weight excluding hydrogens is 476 g/mol. The van der Waals surface area contributed by atoms with Crippen molar-refractivity contribution in [1.29, 1.82) is 0 Å². The molecule has 3 heterocycles. The highest BCUT2D eigenvalue weighted by molar-refractivity contribution is 5.97. The van der Waals surface area contributed by atoms with E-state index in [1.807, 2.05) is 57.2 Å². The minimum atomic E-state index is -0.170. The maximum atomic E-state index is 13.3. The second-order valence-corrected chi connectivity index (χ2v) is 11.3. The van der Waals surface area contributed by atoms with Crippen LogP contribution in [0.5, 0.6) is 0 Å². The number of hydrogen-bond donors (Lipinski definition) is 1. The van der Waals surface area contributed by atoms with Gasteiger partial charge < -0.3 is 19.9 Å². The first-order valence-corrected chi connectivity index (χ1v) is 14.2. The Kier molecular flexibility index (Phi) is 8.46. The zero-order chi connectivity index (χ0) is 26.6. The van der Waals surface area contributed by atoms with Gasteiger partial charge in [0.1, 0.15) is 0 Å². The van der Waals surface area contributed by atoms with Crippen LogP contribution in [0.15, 0.2) is 48.5 Å². The number of morpholine rings is 1. The molecule has 0 radical (unpaired) electrons. The van der Waals surface area contributed by atoms with E-state index < -0.39 is 0 Å². The highest BCUT2D eigenvalue weighted by Gasteiger charge is 2.42. The van der Waals surface area contributed by atoms with Crippen molar-refractivity contribution in [2.75, 3.05) is 59.0 Å². The fourth-order valence-electron chi connectivity index (χ4n) is 6.49. The highest BCUT2D eigenvalue weighted by atomic mass is 16.5. The minimum absolute atomic E-state index is 0.0188. The lowest BCUT2D eigenvalue weighted by molar-refractivity contribution is -0.128. The fraction of sp³-hybridized carbons (Fsp3) is 0.548. The number of carbonyl (C=O) groups is 2. The fourth-order valence-corrected chi connectivity index (χ4v) is 6.49. The average Bonchev–Trinajstić information content (AvgIpc) is 3.50. The molecule has 5 rings (SSSR count). The number of aryl methyl sites for hydroxylation is 2. The highest BCUT2D eigenvalue weighted by Crippen LogP contribution is 2.33. The van der Waals surface area contributed by atoms with Crippen molar-refractivity contribution >= 4 is 11.8 Å². The Morgan fingerprint density at radius 1 is 0.921 bits per heavy atom. The van der Waals surface area contributed by atoms with Crippen LogP contribution in [0.3, 0.4) is 0 Å². The SMILES string of the molecule is Cc1cccc(C)c1C(=O)N1CC2CN(CCC(NC(=O)C(C)N3CCOCC3)c3ccccc3)C[C@H]2C1. The summed E-state index contributed by atoms with van der Waals surface area (Å²) in [5, 5.41) is 3.35. The molecule has 7 heteroatoms. The summed E-state index contributed by atoms with van der Waals surface area (Å²) in [7, 11) is 0. The zero-order valence-electron chi connectivity index (χ0n) is 23.1. The molecule has 2 aromatic carbocycles. The molecule has 0 aromatic heterocycles. The number of carbonyl (C=O) groups excluding carboxylic acids is 2. The molecule has 204 valence electrons. The van der Waals surface area contributed by atoms with Gasteiger partial charge in [0.25, 0.3) is 5.91 Å². The van der Waals surface area contributed by atoms with Crippen molar-refractivity contribution in [3.63, 3.8) is 0 Å². The molecule has 7 nitrogen and oxygen atoms in total. The lowest BCUT2D eigenvalue weighted by Crippen LogP contribution is -2.50. The summed E-state index contributed by atoms with van der Waals surface area (Å²) in [6.07, 6.45) is 0.871. The molecular formula is C31H42N4O3. The van der Waals surface area contributed by atoms with Crippen LogP contribution in [-0.2, 0) is 9.53 Å². The molecule has 0 spiro atoms. The lowest BCUT2D eigenvalue weighted by Gasteiger charge is -2.32. The summed E-state index contributed by atoms with van der Waals surface area (Å²) in [6.45, 7) is 13.7. The first kappa shape index (κ1) is 26.9. The first-order valence-electron chi connectivity index (χ1n) is 14.2. The minimum Gasteiger partial charge on any atom is -0.379 e. The third kappa shape index (κ3) is 5.95. The number of hydrogen-bond acceptors (Lipinski definition) is 5. The van der Waals surface area contributed by atoms with Gasteiger partial charge in [-0.2, -0.15) is 0 Å². The van der Waals surface area contributed by atoms with E-state index in [4.69, 9.17) is 4.74 Å². The van der Waals surface area contributed by atoms with E-state index in [0.29, 0.717) is 25.0 Å². The maximum absolute atomic E-state index is 13.3. The summed E-state index contributed by atoms with van der Waals surface area (Å²) < 4.78 is 5.46. The number of ether oxygens (including phenoxy) is 1. The van der Waals surface area contributed by atoms with Gasteiger partial charge in [-0.1, -0.05) is 48.5 Å². The van der Waals surface area contributed by atoms with Crippen LogP contribution < -0.4 is 5.32 Å². The molecule has 0 saturated carbocycles. The Balaban J connectivity index is 1.16. The molecule has 4 atom stereocenters. The van der Waals surface area contributed by atoms with Gasteiger partial charge >= 0.3 is 0 Å². The molecule has 0 aliphatic carbocycles. The Labute approximate surface area is 227 Å². The van der Waals surface area contributed by atoms with Crippen molar-refractivity contribution in [3.05, 3.63) is 70.8 Å². The largest absolute Gasteiger partial charge is 0.379 e. The third-order valence-corrected chi connectivity index (χ3v) is 8.77. The number of likely N-dealkylation sites (tertiary alicyclic amines) is 2. The molecule has 3 unspecified atom stereocenters. The monoisotopic (exact) mass is 518 g/mol. The number of amides is 2. The zero-order valence-corrected chi connectivity index (χ0v) is 23.1. The summed E-state index contributed by atoms with van der Waals surface area (Å²) >= 11 is 0. The predicted octanol–water partition coefficient (Wildman–Crippen LogP) is 3.28. The van der Waals surface area contributed by atoms with E-state index in [9.17, 15) is 9.59 Å². The topological polar surface area (TPSA) is 65.1 Å². The summed E-state index contributed by atoms with van der Waals surface area (Å²) in [4.78, 5) is 33.3. The summed E-state index contributed by atoms with van der Waals surface area (Å²) in [5.74, 6) is 1.31. The second kappa shape index (κ2) is 12.0. The third-order valence-electron chi connectivity index (χ3n) is 8.77. The van der Waals surface area contributed by atoms with E-state index >= 15 is 0 Å². The first-order chi connectivity index (χ1) is 18.4. The molecule has 3 fully saturated rings. The standard InChI is InChI=1S/C31H42N4O3/c1-22-8-7-9-23(2)29(22)31(37)35-20-26-18-33(19-27(26)21-35)13-12-28(25-10-5-4-6-11-25)32-30(36)24(3)34-14-16-38-17-15-34/h4-11,24,26-28H,12-21H2,1-3H3,(H,32,36)/t24?,26-,27?,28?/m0/s1.